The maximum Gasteiger partial charge on any atom is 0.0468 e. The van der Waals surface area contributed by atoms with Crippen LogP contribution in [0, 0.1) is 5.92 Å². The molecule has 0 radical (unpaired) electrons. The summed E-state index contributed by atoms with van der Waals surface area (Å²) in [4.78, 5) is 2.59. The summed E-state index contributed by atoms with van der Waals surface area (Å²) in [6.07, 6.45) is 6.73. The van der Waals surface area contributed by atoms with E-state index in [0.29, 0.717) is 12.5 Å². The van der Waals surface area contributed by atoms with Crippen molar-refractivity contribution in [3.8, 4) is 0 Å². The average Bonchev–Trinajstić information content (AvgIpc) is 2.21. The van der Waals surface area contributed by atoms with Gasteiger partial charge in [-0.15, -0.1) is 0 Å². The number of aliphatic hydroxyl groups is 1. The van der Waals surface area contributed by atoms with Gasteiger partial charge in [0, 0.05) is 19.2 Å². The smallest absolute Gasteiger partial charge is 0.0468 e. The zero-order chi connectivity index (χ0) is 10.4. The van der Waals surface area contributed by atoms with E-state index in [1.807, 2.05) is 0 Å². The first-order chi connectivity index (χ1) is 6.77. The molecule has 0 aliphatic carbocycles. The first-order valence-electron chi connectivity index (χ1n) is 6.12. The van der Waals surface area contributed by atoms with Gasteiger partial charge in [0.15, 0.2) is 0 Å². The molecule has 2 heteroatoms. The maximum atomic E-state index is 9.05. The molecule has 0 saturated carbocycles. The Morgan fingerprint density at radius 2 is 2.21 bits per heavy atom. The molecule has 1 aliphatic heterocycles. The molecule has 2 unspecified atom stereocenters. The summed E-state index contributed by atoms with van der Waals surface area (Å²) >= 11 is 0. The molecule has 84 valence electrons. The largest absolute Gasteiger partial charge is 0.396 e. The third-order valence-corrected chi connectivity index (χ3v) is 3.23. The molecule has 1 heterocycles. The number of nitrogens with zero attached hydrogens (tertiary/aromatic N) is 1. The molecule has 14 heavy (non-hydrogen) atoms. The van der Waals surface area contributed by atoms with Gasteiger partial charge in [0.2, 0.25) is 0 Å². The normalized spacial score (nSPS) is 26.4. The Balaban J connectivity index is 2.37. The number of piperidine rings is 1. The van der Waals surface area contributed by atoms with E-state index >= 15 is 0 Å². The van der Waals surface area contributed by atoms with Crippen LogP contribution in [0.1, 0.15) is 46.0 Å². The van der Waals surface area contributed by atoms with Crippen LogP contribution in [0.25, 0.3) is 0 Å². The van der Waals surface area contributed by atoms with Crippen molar-refractivity contribution in [3.63, 3.8) is 0 Å². The van der Waals surface area contributed by atoms with Gasteiger partial charge in [0.1, 0.15) is 0 Å². The number of aliphatic hydroxyl groups excluding tert-OH is 1. The van der Waals surface area contributed by atoms with Crippen molar-refractivity contribution in [2.45, 2.75) is 52.0 Å². The lowest BCUT2D eigenvalue weighted by Gasteiger charge is -2.37. The number of likely N-dealkylation sites (tertiary alicyclic amines) is 1. The van der Waals surface area contributed by atoms with E-state index in [9.17, 15) is 0 Å². The lowest BCUT2D eigenvalue weighted by atomic mass is 9.97. The first kappa shape index (κ1) is 12.0. The van der Waals surface area contributed by atoms with Gasteiger partial charge in [0.25, 0.3) is 0 Å². The Hall–Kier alpha value is -0.0800. The van der Waals surface area contributed by atoms with E-state index in [0.717, 1.165) is 12.6 Å². The molecular weight excluding hydrogens is 174 g/mol. The van der Waals surface area contributed by atoms with Gasteiger partial charge >= 0.3 is 0 Å². The van der Waals surface area contributed by atoms with Crippen molar-refractivity contribution >= 4 is 0 Å². The molecule has 1 aliphatic rings. The maximum absolute atomic E-state index is 9.05. The van der Waals surface area contributed by atoms with Crippen molar-refractivity contribution < 1.29 is 5.11 Å². The molecule has 0 spiro atoms. The topological polar surface area (TPSA) is 23.5 Å². The van der Waals surface area contributed by atoms with Gasteiger partial charge in [-0.25, -0.2) is 0 Å². The second-order valence-electron chi connectivity index (χ2n) is 4.72. The summed E-state index contributed by atoms with van der Waals surface area (Å²) < 4.78 is 0. The van der Waals surface area contributed by atoms with Crippen molar-refractivity contribution in [2.75, 3.05) is 19.7 Å². The van der Waals surface area contributed by atoms with Gasteiger partial charge in [-0.05, 0) is 31.7 Å². The summed E-state index contributed by atoms with van der Waals surface area (Å²) in [6.45, 7) is 7.06. The minimum atomic E-state index is 0.329. The second kappa shape index (κ2) is 6.41. The van der Waals surface area contributed by atoms with E-state index < -0.39 is 0 Å². The molecule has 0 amide bonds. The minimum absolute atomic E-state index is 0.329. The minimum Gasteiger partial charge on any atom is -0.396 e. The Bertz CT molecular complexity index is 147. The average molecular weight is 199 g/mol. The lowest BCUT2D eigenvalue weighted by Crippen LogP contribution is -2.42. The fourth-order valence-electron chi connectivity index (χ4n) is 2.42. The SMILES string of the molecule is CCCC1CCCCN1CC(C)CO. The van der Waals surface area contributed by atoms with Crippen molar-refractivity contribution in [1.29, 1.82) is 0 Å². The Morgan fingerprint density at radius 3 is 2.86 bits per heavy atom. The molecule has 1 fully saturated rings. The molecular formula is C12H25NO. The zero-order valence-corrected chi connectivity index (χ0v) is 9.71. The van der Waals surface area contributed by atoms with Crippen LogP contribution in [0.3, 0.4) is 0 Å². The Labute approximate surface area is 88.3 Å². The Morgan fingerprint density at radius 1 is 1.43 bits per heavy atom. The van der Waals surface area contributed by atoms with Crippen LogP contribution in [0.5, 0.6) is 0 Å². The first-order valence-corrected chi connectivity index (χ1v) is 6.12. The molecule has 0 aromatic heterocycles. The molecule has 1 saturated heterocycles. The predicted octanol–water partition coefficient (Wildman–Crippen LogP) is 2.27. The fraction of sp³-hybridized carbons (Fsp3) is 1.00. The van der Waals surface area contributed by atoms with Gasteiger partial charge in [-0.2, -0.15) is 0 Å². The van der Waals surface area contributed by atoms with Crippen LogP contribution in [0.4, 0.5) is 0 Å². The van der Waals surface area contributed by atoms with Crippen molar-refractivity contribution in [1.82, 2.24) is 4.90 Å². The van der Waals surface area contributed by atoms with Crippen LogP contribution < -0.4 is 0 Å². The highest BCUT2D eigenvalue weighted by Crippen LogP contribution is 2.21. The van der Waals surface area contributed by atoms with E-state index in [2.05, 4.69) is 18.7 Å². The highest BCUT2D eigenvalue weighted by Gasteiger charge is 2.22. The molecule has 1 N–H and O–H groups in total. The van der Waals surface area contributed by atoms with E-state index in [1.165, 1.54) is 38.6 Å². The van der Waals surface area contributed by atoms with Gasteiger partial charge in [-0.3, -0.25) is 0 Å². The molecule has 2 nitrogen and oxygen atoms in total. The van der Waals surface area contributed by atoms with Gasteiger partial charge in [0.05, 0.1) is 0 Å². The van der Waals surface area contributed by atoms with Gasteiger partial charge in [-0.1, -0.05) is 26.7 Å². The van der Waals surface area contributed by atoms with Gasteiger partial charge < -0.3 is 10.0 Å². The van der Waals surface area contributed by atoms with E-state index in [1.54, 1.807) is 0 Å². The molecule has 0 aromatic rings. The molecule has 2 atom stereocenters. The fourth-order valence-corrected chi connectivity index (χ4v) is 2.42. The van der Waals surface area contributed by atoms with Crippen LogP contribution in [-0.2, 0) is 0 Å². The second-order valence-corrected chi connectivity index (χ2v) is 4.72. The van der Waals surface area contributed by atoms with Crippen molar-refractivity contribution in [2.24, 2.45) is 5.92 Å². The molecule has 1 rings (SSSR count). The third-order valence-electron chi connectivity index (χ3n) is 3.23. The number of hydrogen-bond donors (Lipinski definition) is 1. The third kappa shape index (κ3) is 3.58. The molecule has 0 aromatic carbocycles. The summed E-state index contributed by atoms with van der Waals surface area (Å²) in [6, 6.07) is 0.794. The highest BCUT2D eigenvalue weighted by molar-refractivity contribution is 4.77. The molecule has 0 bridgehead atoms. The monoisotopic (exact) mass is 199 g/mol. The van der Waals surface area contributed by atoms with Crippen LogP contribution in [-0.4, -0.2) is 35.7 Å². The summed E-state index contributed by atoms with van der Waals surface area (Å²) in [5.41, 5.74) is 0. The summed E-state index contributed by atoms with van der Waals surface area (Å²) in [7, 11) is 0. The Kier molecular flexibility index (Phi) is 5.49. The van der Waals surface area contributed by atoms with E-state index in [4.69, 9.17) is 5.11 Å². The highest BCUT2D eigenvalue weighted by atomic mass is 16.3. The van der Waals surface area contributed by atoms with Crippen molar-refractivity contribution in [3.05, 3.63) is 0 Å². The van der Waals surface area contributed by atoms with Crippen LogP contribution >= 0.6 is 0 Å². The standard InChI is InChI=1S/C12H25NO/c1-3-6-12-7-4-5-8-13(12)9-11(2)10-14/h11-12,14H,3-10H2,1-2H3. The predicted molar refractivity (Wildman–Crippen MR) is 60.4 cm³/mol. The summed E-state index contributed by atoms with van der Waals surface area (Å²) in [5, 5.41) is 9.05. The number of hydrogen-bond acceptors (Lipinski definition) is 2. The summed E-state index contributed by atoms with van der Waals surface area (Å²) in [5.74, 6) is 0.437. The zero-order valence-electron chi connectivity index (χ0n) is 9.71. The lowest BCUT2D eigenvalue weighted by molar-refractivity contribution is 0.101. The van der Waals surface area contributed by atoms with Crippen LogP contribution in [0.2, 0.25) is 0 Å². The van der Waals surface area contributed by atoms with E-state index in [-0.39, 0.29) is 0 Å². The van der Waals surface area contributed by atoms with Crippen LogP contribution in [0.15, 0.2) is 0 Å². The number of rotatable bonds is 5. The quantitative estimate of drug-likeness (QED) is 0.734.